The number of pyridine rings is 1. The molecular weight excluding hydrogens is 299 g/mol. The molecule has 0 atom stereocenters. The second-order valence-electron chi connectivity index (χ2n) is 3.47. The highest BCUT2D eigenvalue weighted by Crippen LogP contribution is 2.22. The number of ether oxygens (including phenoxy) is 1. The van der Waals surface area contributed by atoms with E-state index in [1.807, 2.05) is 12.1 Å². The van der Waals surface area contributed by atoms with Crippen molar-refractivity contribution in [2.45, 2.75) is 6.61 Å². The van der Waals surface area contributed by atoms with Crippen molar-refractivity contribution in [3.05, 3.63) is 58.1 Å². The number of benzene rings is 1. The van der Waals surface area contributed by atoms with Crippen LogP contribution in [-0.2, 0) is 6.61 Å². The molecule has 0 fully saturated rings. The number of halogens is 2. The molecule has 0 saturated heterocycles. The van der Waals surface area contributed by atoms with Crippen molar-refractivity contribution < 1.29 is 9.13 Å². The van der Waals surface area contributed by atoms with Crippen LogP contribution in [0.15, 0.2) is 41.0 Å². The normalized spacial score (nSPS) is 9.83. The van der Waals surface area contributed by atoms with Crippen LogP contribution in [0.3, 0.4) is 0 Å². The third-order valence-corrected chi connectivity index (χ3v) is 2.67. The van der Waals surface area contributed by atoms with Crippen molar-refractivity contribution in [1.82, 2.24) is 4.98 Å². The molecule has 0 aliphatic heterocycles. The van der Waals surface area contributed by atoms with Crippen molar-refractivity contribution in [2.75, 3.05) is 0 Å². The molecular formula is C13H8BrFN2O. The molecule has 90 valence electrons. The summed E-state index contributed by atoms with van der Waals surface area (Å²) < 4.78 is 19.5. The minimum atomic E-state index is -0.552. The molecule has 0 unspecified atom stereocenters. The number of nitrogens with zero attached hydrogens (tertiary/aromatic N) is 2. The second-order valence-corrected chi connectivity index (χ2v) is 4.28. The molecule has 5 heteroatoms. The Morgan fingerprint density at radius 2 is 2.06 bits per heavy atom. The molecule has 0 amide bonds. The van der Waals surface area contributed by atoms with Crippen molar-refractivity contribution in [3.63, 3.8) is 0 Å². The molecule has 3 nitrogen and oxygen atoms in total. The second kappa shape index (κ2) is 5.61. The lowest BCUT2D eigenvalue weighted by atomic mass is 10.2. The first kappa shape index (κ1) is 12.5. The highest BCUT2D eigenvalue weighted by molar-refractivity contribution is 9.10. The van der Waals surface area contributed by atoms with Crippen LogP contribution in [0.1, 0.15) is 11.3 Å². The summed E-state index contributed by atoms with van der Waals surface area (Å²) in [6.07, 6.45) is 0. The van der Waals surface area contributed by atoms with E-state index in [1.54, 1.807) is 12.1 Å². The smallest absolute Gasteiger partial charge is 0.173 e. The lowest BCUT2D eigenvalue weighted by Gasteiger charge is -2.08. The van der Waals surface area contributed by atoms with Gasteiger partial charge in [-0.25, -0.2) is 9.37 Å². The topological polar surface area (TPSA) is 45.9 Å². The molecule has 0 radical (unpaired) electrons. The number of para-hydroxylation sites is 1. The van der Waals surface area contributed by atoms with Gasteiger partial charge >= 0.3 is 0 Å². The molecule has 0 saturated carbocycles. The van der Waals surface area contributed by atoms with Crippen LogP contribution in [0.25, 0.3) is 0 Å². The van der Waals surface area contributed by atoms with E-state index in [-0.39, 0.29) is 17.9 Å². The minimum absolute atomic E-state index is 0.0400. The monoisotopic (exact) mass is 306 g/mol. The van der Waals surface area contributed by atoms with Gasteiger partial charge in [0.25, 0.3) is 0 Å². The summed E-state index contributed by atoms with van der Waals surface area (Å²) in [5, 5.41) is 8.86. The Labute approximate surface area is 112 Å². The van der Waals surface area contributed by atoms with E-state index in [1.165, 1.54) is 18.2 Å². The fourth-order valence-corrected chi connectivity index (χ4v) is 1.80. The van der Waals surface area contributed by atoms with Crippen LogP contribution in [-0.4, -0.2) is 4.98 Å². The summed E-state index contributed by atoms with van der Waals surface area (Å²) in [5.74, 6) is -0.592. The Morgan fingerprint density at radius 1 is 1.28 bits per heavy atom. The summed E-state index contributed by atoms with van der Waals surface area (Å²) in [6, 6.07) is 11.5. The van der Waals surface area contributed by atoms with E-state index < -0.39 is 5.82 Å². The first-order valence-electron chi connectivity index (χ1n) is 5.13. The van der Waals surface area contributed by atoms with Gasteiger partial charge < -0.3 is 4.74 Å². The highest BCUT2D eigenvalue weighted by Gasteiger charge is 2.09. The lowest BCUT2D eigenvalue weighted by molar-refractivity contribution is 0.285. The largest absolute Gasteiger partial charge is 0.483 e. The maximum Gasteiger partial charge on any atom is 0.173 e. The lowest BCUT2D eigenvalue weighted by Crippen LogP contribution is -2.01. The molecule has 1 aromatic heterocycles. The van der Waals surface area contributed by atoms with Crippen LogP contribution in [0.2, 0.25) is 0 Å². The van der Waals surface area contributed by atoms with Crippen LogP contribution in [0, 0.1) is 17.1 Å². The predicted octanol–water partition coefficient (Wildman–Crippen LogP) is 3.43. The van der Waals surface area contributed by atoms with Gasteiger partial charge in [-0.05, 0) is 40.2 Å². The van der Waals surface area contributed by atoms with E-state index in [2.05, 4.69) is 20.9 Å². The summed E-state index contributed by atoms with van der Waals surface area (Å²) >= 11 is 3.24. The molecule has 1 aromatic carbocycles. The first-order valence-corrected chi connectivity index (χ1v) is 5.93. The Balaban J connectivity index is 2.18. The molecule has 2 rings (SSSR count). The third-order valence-electron chi connectivity index (χ3n) is 2.22. The average molecular weight is 307 g/mol. The first-order chi connectivity index (χ1) is 8.70. The summed E-state index contributed by atoms with van der Waals surface area (Å²) in [4.78, 5) is 4.16. The van der Waals surface area contributed by atoms with Crippen LogP contribution < -0.4 is 4.74 Å². The van der Waals surface area contributed by atoms with Gasteiger partial charge in [-0.1, -0.05) is 12.1 Å². The zero-order chi connectivity index (χ0) is 13.0. The Kier molecular flexibility index (Phi) is 3.90. The van der Waals surface area contributed by atoms with Gasteiger partial charge in [0.05, 0.1) is 11.3 Å². The van der Waals surface area contributed by atoms with Gasteiger partial charge in [0, 0.05) is 0 Å². The maximum absolute atomic E-state index is 13.5. The van der Waals surface area contributed by atoms with E-state index >= 15 is 0 Å². The van der Waals surface area contributed by atoms with Crippen LogP contribution in [0.4, 0.5) is 4.39 Å². The van der Waals surface area contributed by atoms with Crippen molar-refractivity contribution in [3.8, 4) is 11.8 Å². The standard InChI is InChI=1S/C13H8BrFN2O/c14-12-6-2-4-10(17-12)8-18-13-9(7-16)3-1-5-11(13)15/h1-6H,8H2. The Hall–Kier alpha value is -1.93. The Morgan fingerprint density at radius 3 is 2.78 bits per heavy atom. The molecule has 18 heavy (non-hydrogen) atoms. The fourth-order valence-electron chi connectivity index (χ4n) is 1.42. The van der Waals surface area contributed by atoms with Crippen molar-refractivity contribution in [2.24, 2.45) is 0 Å². The van der Waals surface area contributed by atoms with Gasteiger partial charge in [0.1, 0.15) is 17.3 Å². The molecule has 0 N–H and O–H groups in total. The van der Waals surface area contributed by atoms with E-state index in [0.717, 1.165) is 0 Å². The third kappa shape index (κ3) is 2.84. The van der Waals surface area contributed by atoms with E-state index in [4.69, 9.17) is 10.00 Å². The number of hydrogen-bond acceptors (Lipinski definition) is 3. The maximum atomic E-state index is 13.5. The van der Waals surface area contributed by atoms with E-state index in [9.17, 15) is 4.39 Å². The number of rotatable bonds is 3. The minimum Gasteiger partial charge on any atom is -0.483 e. The van der Waals surface area contributed by atoms with Crippen molar-refractivity contribution >= 4 is 15.9 Å². The number of nitriles is 1. The zero-order valence-corrected chi connectivity index (χ0v) is 10.8. The molecule has 2 aromatic rings. The molecule has 0 aliphatic rings. The number of hydrogen-bond donors (Lipinski definition) is 0. The van der Waals surface area contributed by atoms with Crippen LogP contribution in [0.5, 0.6) is 5.75 Å². The van der Waals surface area contributed by atoms with Crippen LogP contribution >= 0.6 is 15.9 Å². The SMILES string of the molecule is N#Cc1cccc(F)c1OCc1cccc(Br)n1. The van der Waals surface area contributed by atoms with Gasteiger partial charge in [-0.3, -0.25) is 0 Å². The average Bonchev–Trinajstić information content (AvgIpc) is 2.37. The van der Waals surface area contributed by atoms with Gasteiger partial charge in [0.15, 0.2) is 11.6 Å². The fraction of sp³-hybridized carbons (Fsp3) is 0.0769. The summed E-state index contributed by atoms with van der Waals surface area (Å²) in [5.41, 5.74) is 0.821. The molecule has 0 bridgehead atoms. The highest BCUT2D eigenvalue weighted by atomic mass is 79.9. The Bertz CT molecular complexity index is 610. The summed E-state index contributed by atoms with van der Waals surface area (Å²) in [6.45, 7) is 0.106. The van der Waals surface area contributed by atoms with E-state index in [0.29, 0.717) is 10.3 Å². The predicted molar refractivity (Wildman–Crippen MR) is 67.4 cm³/mol. The molecule has 0 aliphatic carbocycles. The molecule has 1 heterocycles. The quantitative estimate of drug-likeness (QED) is 0.816. The zero-order valence-electron chi connectivity index (χ0n) is 9.23. The van der Waals surface area contributed by atoms with Gasteiger partial charge in [0.2, 0.25) is 0 Å². The van der Waals surface area contributed by atoms with Gasteiger partial charge in [-0.2, -0.15) is 5.26 Å². The van der Waals surface area contributed by atoms with Crippen molar-refractivity contribution in [1.29, 1.82) is 5.26 Å². The molecule has 0 spiro atoms. The van der Waals surface area contributed by atoms with Gasteiger partial charge in [-0.15, -0.1) is 0 Å². The number of aromatic nitrogens is 1. The summed E-state index contributed by atoms with van der Waals surface area (Å²) in [7, 11) is 0.